The summed E-state index contributed by atoms with van der Waals surface area (Å²) in [5.74, 6) is -1.39. The second kappa shape index (κ2) is 10.7. The molecule has 2 aromatic carbocycles. The number of piperidine rings is 1. The number of ether oxygens (including phenoxy) is 1. The maximum Gasteiger partial charge on any atom is 0.257 e. The van der Waals surface area contributed by atoms with Crippen molar-refractivity contribution >= 4 is 38.7 Å². The summed E-state index contributed by atoms with van der Waals surface area (Å²) in [5.41, 5.74) is 2.16. The number of nitrogens with one attached hydrogen (secondary N) is 2. The van der Waals surface area contributed by atoms with Crippen molar-refractivity contribution in [3.05, 3.63) is 47.8 Å². The molecule has 206 valence electrons. The summed E-state index contributed by atoms with van der Waals surface area (Å²) in [6.45, 7) is 4.58. The lowest BCUT2D eigenvalue weighted by Crippen LogP contribution is -2.41. The zero-order chi connectivity index (χ0) is 26.9. The molecule has 1 atom stereocenters. The number of aliphatic hydroxyl groups excluding tert-OH is 1. The number of nitrogens with zero attached hydrogens (tertiary/aromatic N) is 2. The fourth-order valence-electron chi connectivity index (χ4n) is 5.39. The number of halogens is 1. The molecular formula is C27H35FN4O5S. The molecular weight excluding hydrogens is 511 g/mol. The first-order valence-electron chi connectivity index (χ1n) is 13.2. The molecule has 5 rings (SSSR count). The number of amides is 1. The summed E-state index contributed by atoms with van der Waals surface area (Å²) in [5, 5.41) is 11.8. The van der Waals surface area contributed by atoms with Gasteiger partial charge >= 0.3 is 0 Å². The lowest BCUT2D eigenvalue weighted by molar-refractivity contribution is 0.0530. The SMILES string of the molecule is C[C@@H]1CN(c2cccc(NC(=O)c3ccc(NS(=O)(=O)CCO)cc3N3CCC4(CC3)CC4)c2F)CCO1. The van der Waals surface area contributed by atoms with Crippen molar-refractivity contribution in [2.24, 2.45) is 5.41 Å². The van der Waals surface area contributed by atoms with Gasteiger partial charge in [-0.05, 0) is 68.4 Å². The molecule has 2 aromatic rings. The number of carbonyl (C=O) groups is 1. The summed E-state index contributed by atoms with van der Waals surface area (Å²) < 4.78 is 48.1. The Labute approximate surface area is 223 Å². The summed E-state index contributed by atoms with van der Waals surface area (Å²) in [4.78, 5) is 17.5. The van der Waals surface area contributed by atoms with Crippen molar-refractivity contribution in [3.8, 4) is 0 Å². The van der Waals surface area contributed by atoms with Gasteiger partial charge in [-0.3, -0.25) is 9.52 Å². The van der Waals surface area contributed by atoms with E-state index in [0.29, 0.717) is 47.7 Å². The van der Waals surface area contributed by atoms with Gasteiger partial charge in [-0.2, -0.15) is 0 Å². The van der Waals surface area contributed by atoms with Crippen LogP contribution in [-0.4, -0.2) is 70.7 Å². The third-order valence-electron chi connectivity index (χ3n) is 7.81. The summed E-state index contributed by atoms with van der Waals surface area (Å²) >= 11 is 0. The molecule has 2 heterocycles. The average molecular weight is 547 g/mol. The normalized spacial score (nSPS) is 20.9. The van der Waals surface area contributed by atoms with Crippen LogP contribution in [0.4, 0.5) is 27.1 Å². The van der Waals surface area contributed by atoms with Crippen LogP contribution >= 0.6 is 0 Å². The predicted octanol–water partition coefficient (Wildman–Crippen LogP) is 3.42. The third-order valence-corrected chi connectivity index (χ3v) is 9.07. The van der Waals surface area contributed by atoms with Crippen molar-refractivity contribution in [1.29, 1.82) is 0 Å². The molecule has 1 amide bonds. The molecule has 0 unspecified atom stereocenters. The van der Waals surface area contributed by atoms with E-state index in [1.807, 2.05) is 11.8 Å². The Bertz CT molecular complexity index is 1290. The number of morpholine rings is 1. The van der Waals surface area contributed by atoms with Crippen LogP contribution in [0.25, 0.3) is 0 Å². The van der Waals surface area contributed by atoms with Crippen LogP contribution in [0.5, 0.6) is 0 Å². The highest BCUT2D eigenvalue weighted by atomic mass is 32.2. The Morgan fingerprint density at radius 2 is 1.87 bits per heavy atom. The zero-order valence-corrected chi connectivity index (χ0v) is 22.4. The molecule has 2 saturated heterocycles. The fraction of sp³-hybridized carbons (Fsp3) is 0.519. The number of anilines is 4. The molecule has 11 heteroatoms. The Kier molecular flexibility index (Phi) is 7.52. The highest BCUT2D eigenvalue weighted by Gasteiger charge is 2.44. The van der Waals surface area contributed by atoms with Crippen LogP contribution in [0.3, 0.4) is 0 Å². The van der Waals surface area contributed by atoms with Gasteiger partial charge in [0.05, 0.1) is 53.4 Å². The Morgan fingerprint density at radius 1 is 1.11 bits per heavy atom. The average Bonchev–Trinajstić information content (AvgIpc) is 3.64. The van der Waals surface area contributed by atoms with Crippen LogP contribution in [0.2, 0.25) is 0 Å². The minimum absolute atomic E-state index is 0.0170. The predicted molar refractivity (Wildman–Crippen MR) is 146 cm³/mol. The van der Waals surface area contributed by atoms with E-state index in [1.165, 1.54) is 25.0 Å². The van der Waals surface area contributed by atoms with Gasteiger partial charge in [0.25, 0.3) is 5.91 Å². The van der Waals surface area contributed by atoms with E-state index < -0.39 is 34.1 Å². The number of sulfonamides is 1. The number of aliphatic hydroxyl groups is 1. The third kappa shape index (κ3) is 5.89. The minimum Gasteiger partial charge on any atom is -0.395 e. The highest BCUT2D eigenvalue weighted by molar-refractivity contribution is 7.92. The second-order valence-electron chi connectivity index (χ2n) is 10.6. The van der Waals surface area contributed by atoms with Crippen molar-refractivity contribution in [3.63, 3.8) is 0 Å². The Morgan fingerprint density at radius 3 is 2.55 bits per heavy atom. The van der Waals surface area contributed by atoms with Crippen LogP contribution in [0.15, 0.2) is 36.4 Å². The first-order chi connectivity index (χ1) is 18.2. The van der Waals surface area contributed by atoms with Crippen LogP contribution < -0.4 is 19.8 Å². The monoisotopic (exact) mass is 546 g/mol. The van der Waals surface area contributed by atoms with Crippen LogP contribution in [0, 0.1) is 11.2 Å². The summed E-state index contributed by atoms with van der Waals surface area (Å²) in [6, 6.07) is 9.68. The molecule has 0 bridgehead atoms. The lowest BCUT2D eigenvalue weighted by atomic mass is 9.93. The van der Waals surface area contributed by atoms with E-state index in [1.54, 1.807) is 24.3 Å². The first kappa shape index (κ1) is 26.7. The van der Waals surface area contributed by atoms with Gasteiger partial charge in [-0.15, -0.1) is 0 Å². The summed E-state index contributed by atoms with van der Waals surface area (Å²) in [6.07, 6.45) is 4.47. The van der Waals surface area contributed by atoms with Gasteiger partial charge in [0.1, 0.15) is 0 Å². The maximum atomic E-state index is 15.5. The van der Waals surface area contributed by atoms with E-state index in [9.17, 15) is 13.2 Å². The molecule has 9 nitrogen and oxygen atoms in total. The molecule has 1 saturated carbocycles. The quantitative estimate of drug-likeness (QED) is 0.465. The van der Waals surface area contributed by atoms with E-state index in [2.05, 4.69) is 14.9 Å². The smallest absolute Gasteiger partial charge is 0.257 e. The molecule has 0 aromatic heterocycles. The van der Waals surface area contributed by atoms with Gasteiger partial charge in [-0.1, -0.05) is 6.07 Å². The standard InChI is InChI=1S/C27H35FN4O5S/c1-19-18-32(13-15-37-19)23-4-2-3-22(25(23)28)29-26(34)21-6-5-20(30-38(35,36)16-14-33)17-24(21)31-11-9-27(7-8-27)10-12-31/h2-6,17,19,30,33H,7-16,18H2,1H3,(H,29,34)/t19-/m1/s1. The van der Waals surface area contributed by atoms with Gasteiger partial charge in [0.15, 0.2) is 5.82 Å². The molecule has 3 fully saturated rings. The Balaban J connectivity index is 1.41. The Hall–Kier alpha value is -2.89. The number of carbonyl (C=O) groups excluding carboxylic acids is 1. The van der Waals surface area contributed by atoms with E-state index in [-0.39, 0.29) is 11.8 Å². The number of benzene rings is 2. The van der Waals surface area contributed by atoms with Crippen molar-refractivity contribution in [2.75, 3.05) is 65.0 Å². The molecule has 1 spiro atoms. The maximum absolute atomic E-state index is 15.5. The fourth-order valence-corrected chi connectivity index (χ4v) is 6.21. The van der Waals surface area contributed by atoms with Gasteiger partial charge in [0.2, 0.25) is 10.0 Å². The topological polar surface area (TPSA) is 111 Å². The molecule has 3 N–H and O–H groups in total. The zero-order valence-electron chi connectivity index (χ0n) is 21.6. The summed E-state index contributed by atoms with van der Waals surface area (Å²) in [7, 11) is -3.73. The highest BCUT2D eigenvalue weighted by Crippen LogP contribution is 2.54. The van der Waals surface area contributed by atoms with Gasteiger partial charge < -0.3 is 25.0 Å². The molecule has 2 aliphatic heterocycles. The number of rotatable bonds is 8. The lowest BCUT2D eigenvalue weighted by Gasteiger charge is -2.35. The molecule has 1 aliphatic carbocycles. The first-order valence-corrected chi connectivity index (χ1v) is 14.8. The molecule has 38 heavy (non-hydrogen) atoms. The minimum atomic E-state index is -3.73. The second-order valence-corrected chi connectivity index (χ2v) is 12.4. The van der Waals surface area contributed by atoms with Crippen LogP contribution in [0.1, 0.15) is 43.0 Å². The van der Waals surface area contributed by atoms with Gasteiger partial charge in [0, 0.05) is 26.2 Å². The number of hydrogen-bond donors (Lipinski definition) is 3. The molecule has 0 radical (unpaired) electrons. The molecule has 3 aliphatic rings. The van der Waals surface area contributed by atoms with E-state index >= 15 is 4.39 Å². The van der Waals surface area contributed by atoms with E-state index in [0.717, 1.165) is 25.9 Å². The van der Waals surface area contributed by atoms with Crippen molar-refractivity contribution < 1.29 is 27.4 Å². The van der Waals surface area contributed by atoms with Gasteiger partial charge in [-0.25, -0.2) is 12.8 Å². The largest absolute Gasteiger partial charge is 0.395 e. The number of hydrogen-bond acceptors (Lipinski definition) is 7. The van der Waals surface area contributed by atoms with Crippen molar-refractivity contribution in [2.45, 2.75) is 38.7 Å². The van der Waals surface area contributed by atoms with Crippen LogP contribution in [-0.2, 0) is 14.8 Å². The van der Waals surface area contributed by atoms with Crippen molar-refractivity contribution in [1.82, 2.24) is 0 Å². The van der Waals surface area contributed by atoms with E-state index in [4.69, 9.17) is 9.84 Å².